The van der Waals surface area contributed by atoms with E-state index < -0.39 is 0 Å². The third-order valence-electron chi connectivity index (χ3n) is 27.8. The highest BCUT2D eigenvalue weighted by Gasteiger charge is 2.26. The number of fused-ring (bicyclic) bond motifs is 19. The maximum Gasteiger partial charge on any atom is 0.0434 e. The predicted molar refractivity (Wildman–Crippen MR) is 601 cm³/mol. The van der Waals surface area contributed by atoms with Gasteiger partial charge in [-0.3, -0.25) is 0 Å². The molecule has 0 nitrogen and oxygen atoms in total. The maximum absolute atomic E-state index is 5.75. The van der Waals surface area contributed by atoms with E-state index in [1.54, 1.807) is 0 Å². The Labute approximate surface area is 808 Å². The highest BCUT2D eigenvalue weighted by molar-refractivity contribution is 7.27. The molecule has 0 N–H and O–H groups in total. The number of rotatable bonds is 10. The number of thiophene rings is 3. The van der Waals surface area contributed by atoms with Crippen LogP contribution < -0.4 is 0 Å². The van der Waals surface area contributed by atoms with E-state index >= 15 is 0 Å². The van der Waals surface area contributed by atoms with Crippen molar-refractivity contribution in [3.05, 3.63) is 497 Å². The summed E-state index contributed by atoms with van der Waals surface area (Å²) in [7, 11) is 1.25. The van der Waals surface area contributed by atoms with Crippen LogP contribution in [0.2, 0.25) is 0 Å². The second kappa shape index (κ2) is 34.3. The highest BCUT2D eigenvalue weighted by Crippen LogP contribution is 2.54. The first-order valence-corrected chi connectivity index (χ1v) is 48.9. The van der Waals surface area contributed by atoms with Crippen molar-refractivity contribution in [2.24, 2.45) is 0 Å². The second-order valence-corrected chi connectivity index (χ2v) is 38.4. The van der Waals surface area contributed by atoms with E-state index in [9.17, 15) is 0 Å². The molecule has 136 heavy (non-hydrogen) atoms. The van der Waals surface area contributed by atoms with E-state index in [4.69, 9.17) is 7.31 Å². The van der Waals surface area contributed by atoms with E-state index in [1.165, 1.54) is 276 Å². The van der Waals surface area contributed by atoms with Gasteiger partial charge in [0.15, 0.2) is 0 Å². The molecule has 3 aromatic heterocycles. The van der Waals surface area contributed by atoms with Crippen LogP contribution in [0.25, 0.3) is 269 Å². The van der Waals surface area contributed by atoms with Gasteiger partial charge < -0.3 is 0 Å². The summed E-state index contributed by atoms with van der Waals surface area (Å²) in [5, 5.41) is 31.1. The number of hydrogen-bond donors (Lipinski definition) is 0. The minimum Gasteiger partial charge on any atom is -0.135 e. The van der Waals surface area contributed by atoms with Gasteiger partial charge in [-0.2, -0.15) is 0 Å². The van der Waals surface area contributed by atoms with Crippen molar-refractivity contribution in [3.63, 3.8) is 0 Å². The molecule has 3 heteroatoms. The van der Waals surface area contributed by atoms with Crippen LogP contribution in [0.3, 0.4) is 0 Å². The fourth-order valence-corrected chi connectivity index (χ4v) is 25.5. The first kappa shape index (κ1) is 78.2. The van der Waals surface area contributed by atoms with Gasteiger partial charge in [-0.1, -0.05) is 475 Å². The minimum absolute atomic E-state index is 1.24. The van der Waals surface area contributed by atoms with Gasteiger partial charge in [0.25, 0.3) is 0 Å². The monoisotopic (exact) mass is 1790 g/mol. The molecule has 0 radical (unpaired) electrons. The van der Waals surface area contributed by atoms with Crippen molar-refractivity contribution >= 4 is 191 Å². The molecular weight excluding hydrogens is 1690 g/mol. The van der Waals surface area contributed by atoms with Gasteiger partial charge in [-0.15, -0.1) is 34.0 Å². The van der Waals surface area contributed by atoms with Gasteiger partial charge in [-0.05, 0) is 222 Å². The van der Waals surface area contributed by atoms with Gasteiger partial charge in [0.1, 0.15) is 0 Å². The van der Waals surface area contributed by atoms with Crippen molar-refractivity contribution in [2.45, 2.75) is 7.40 Å². The van der Waals surface area contributed by atoms with Crippen LogP contribution in [0, 0.1) is 0 Å². The molecule has 0 saturated carbocycles. The summed E-state index contributed by atoms with van der Waals surface area (Å²) < 4.78 is 33.7. The third-order valence-corrected chi connectivity index (χ3v) is 31.4. The summed E-state index contributed by atoms with van der Waals surface area (Å²) in [6, 6.07) is 182. The Morgan fingerprint density at radius 2 is 0.434 bits per heavy atom. The fourth-order valence-electron chi connectivity index (χ4n) is 21.8. The summed E-state index contributed by atoms with van der Waals surface area (Å²) in [5.74, 6) is 0. The molecule has 28 rings (SSSR count). The van der Waals surface area contributed by atoms with Crippen molar-refractivity contribution in [2.75, 3.05) is 0 Å². The second-order valence-electron chi connectivity index (χ2n) is 35.3. The van der Waals surface area contributed by atoms with Crippen molar-refractivity contribution in [1.82, 2.24) is 0 Å². The van der Waals surface area contributed by atoms with E-state index in [0.29, 0.717) is 0 Å². The Balaban J connectivity index is 0.000000115. The molecule has 28 aromatic rings. The minimum atomic E-state index is 1.24. The fraction of sp³-hybridized carbons (Fsp3) is 0.00752. The van der Waals surface area contributed by atoms with E-state index in [-0.39, 0.29) is 0 Å². The van der Waals surface area contributed by atoms with Crippen molar-refractivity contribution in [1.29, 1.82) is 0 Å². The van der Waals surface area contributed by atoms with Gasteiger partial charge >= 0.3 is 0 Å². The summed E-state index contributed by atoms with van der Waals surface area (Å²) in [4.78, 5) is 0. The summed E-state index contributed by atoms with van der Waals surface area (Å²) in [6.07, 6.45) is 0. The van der Waals surface area contributed by atoms with Gasteiger partial charge in [0, 0.05) is 84.5 Å². The summed E-state index contributed by atoms with van der Waals surface area (Å²) in [5.41, 5.74) is 25.6. The lowest BCUT2D eigenvalue weighted by Gasteiger charge is -2.18. The van der Waals surface area contributed by atoms with Gasteiger partial charge in [-0.25, -0.2) is 0 Å². The first-order chi connectivity index (χ1) is 70.0. The number of hydrogen-bond acceptors (Lipinski definition) is 3. The SMILES string of the molecule is [2H]C.[2H][2H].[2H][2H].c1ccc(-c2c3ccccc3c(-c3cccc4c3sc3cc(-c5ccc6ccc7ccccc7c6c5)ccc34)c3ccccc23)cc1.c1ccc(-c2c3ccccc3c(-c3cccc4c3sc3ccc(-c5cccc6ccccc56)cc34)c3ccccc23)cc1.c1ccc(-c2ccc(-c3cccc4sc5c(-c6c7ccccc7c(-c7ccccc7)c7ccccc67)cccc5c34)cc2)cc1. The van der Waals surface area contributed by atoms with Crippen LogP contribution in [0.4, 0.5) is 0 Å². The van der Waals surface area contributed by atoms with Crippen molar-refractivity contribution in [3.8, 4) is 111 Å². The molecule has 0 aliphatic heterocycles. The maximum atomic E-state index is 5.75. The molecule has 3 heterocycles. The quantitative estimate of drug-likeness (QED) is 0.0946. The molecule has 0 saturated heterocycles. The smallest absolute Gasteiger partial charge is 0.0434 e. The first-order valence-electron chi connectivity index (χ1n) is 49.4. The largest absolute Gasteiger partial charge is 0.135 e. The summed E-state index contributed by atoms with van der Waals surface area (Å²) >= 11 is 5.73. The Kier molecular flexibility index (Phi) is 19.7. The standard InChI is InChI=1S/C46H28S.C44H28S.C42H26S.CH4.2H2/c1-2-12-31(13-3-1)44-36-15-6-8-17-38(36)45(39-18-9-7-16-37(39)44)41-20-10-19-40-35-26-25-33(28-43(35)47-46(40)41)32-24-23-30-22-21-29-11-4-5-14-34(29)42(30)27-32;1-3-13-29(14-4-1)30-25-27-31(28-26-30)33-21-12-24-40-43(33)39-23-11-22-38(44(39)45-40)42-36-19-9-7-17-34(36)41(32-15-5-2-6-16-32)35-18-8-10-20-37(35)42;1-2-13-28(14-3-1)40-32-17-6-8-19-34(32)41(35-20-9-7-18-33(35)40)37-23-11-22-36-38-26-29(24-25-39(38)43-42(36)37)31-21-10-15-27-12-4-5-16-30(27)31;;;/h1-28H;1-28H;1-26H;1H4;2*1H/i;;;1D;2*1+1D. The normalized spacial score (nSPS) is 11.8. The van der Waals surface area contributed by atoms with Crippen LogP contribution in [0.1, 0.15) is 14.7 Å². The summed E-state index contributed by atoms with van der Waals surface area (Å²) in [6.45, 7) is 0. The zero-order valence-corrected chi connectivity index (χ0v) is 77.0. The Hall–Kier alpha value is -16.5. The Morgan fingerprint density at radius 3 is 0.919 bits per heavy atom. The topological polar surface area (TPSA) is 0 Å². The Bertz CT molecular complexity index is 9450. The molecule has 0 atom stereocenters. The third kappa shape index (κ3) is 13.8. The predicted octanol–water partition coefficient (Wildman–Crippen LogP) is 40.3. The van der Waals surface area contributed by atoms with Crippen molar-refractivity contribution < 1.29 is 7.31 Å². The molecule has 0 aliphatic rings. The molecule has 0 fully saturated rings. The molecule has 25 aromatic carbocycles. The van der Waals surface area contributed by atoms with Crippen LogP contribution in [-0.2, 0) is 0 Å². The average molecular weight is 1790 g/mol. The lowest BCUT2D eigenvalue weighted by atomic mass is 9.85. The molecule has 0 bridgehead atoms. The molecule has 0 spiro atoms. The van der Waals surface area contributed by atoms with Gasteiger partial charge in [0.05, 0.1) is 0 Å². The lowest BCUT2D eigenvalue weighted by Crippen LogP contribution is -1.90. The molecule has 640 valence electrons. The Morgan fingerprint density at radius 1 is 0.147 bits per heavy atom. The van der Waals surface area contributed by atoms with E-state index in [2.05, 4.69) is 497 Å². The molecule has 0 unspecified atom stereocenters. The van der Waals surface area contributed by atoms with Crippen LogP contribution >= 0.6 is 34.0 Å². The number of benzene rings is 25. The molecule has 0 aliphatic carbocycles. The van der Waals surface area contributed by atoms with Crippen LogP contribution in [0.5, 0.6) is 0 Å². The highest BCUT2D eigenvalue weighted by atomic mass is 32.1. The average Bonchev–Trinajstić information content (AvgIpc) is 1.68. The van der Waals surface area contributed by atoms with Crippen LogP contribution in [0.15, 0.2) is 497 Å². The van der Waals surface area contributed by atoms with Gasteiger partial charge in [0.2, 0.25) is 0 Å². The zero-order chi connectivity index (χ0) is 95.0. The van der Waals surface area contributed by atoms with E-state index in [1.807, 2.05) is 34.0 Å². The van der Waals surface area contributed by atoms with E-state index in [0.717, 1.165) is 0 Å². The zero-order valence-electron chi connectivity index (χ0n) is 79.6. The lowest BCUT2D eigenvalue weighted by molar-refractivity contribution is 1.61. The molecule has 0 amide bonds. The molecular formula is C133H90S3. The van der Waals surface area contributed by atoms with Crippen LogP contribution in [-0.4, -0.2) is 0 Å².